The molecule has 0 amide bonds. The molecule has 0 fully saturated rings. The number of hydrogen-bond donors (Lipinski definition) is 0. The van der Waals surface area contributed by atoms with Crippen molar-refractivity contribution in [3.63, 3.8) is 0 Å². The smallest absolute Gasteiger partial charge is 0.0635 e. The number of fused-ring (bicyclic) bond motifs is 5. The van der Waals surface area contributed by atoms with E-state index in [1.807, 2.05) is 0 Å². The second-order valence-corrected chi connectivity index (χ2v) is 26.4. The third-order valence-corrected chi connectivity index (χ3v) is 14.9. The van der Waals surface area contributed by atoms with E-state index >= 15 is 0 Å². The molecule has 3 aliphatic rings. The minimum atomic E-state index is -0.0202. The topological polar surface area (TPSA) is 0 Å². The number of aryl methyl sites for hydroxylation is 1. The Balaban J connectivity index is 0.000000237. The van der Waals surface area contributed by atoms with Crippen LogP contribution in [0.15, 0.2) is 97.1 Å². The third kappa shape index (κ3) is 11.8. The van der Waals surface area contributed by atoms with E-state index in [0.717, 1.165) is 6.42 Å². The van der Waals surface area contributed by atoms with Crippen LogP contribution < -0.4 is 24.8 Å². The first kappa shape index (κ1) is 54.6. The maximum absolute atomic E-state index is 3.85. The molecule has 0 atom stereocenters. The first-order chi connectivity index (χ1) is 28.7. The van der Waals surface area contributed by atoms with Gasteiger partial charge in [-0.05, 0) is 62.3 Å². The van der Waals surface area contributed by atoms with E-state index in [-0.39, 0.29) is 57.3 Å². The SMILES string of the molecule is CC(C)(C)C1=[C-]C(C)(C)c2cc3c(cc21)-c1cc2c(cc1C3)C(C)(C)C=C2C(C)(C)C.CC(C)(C)c1ccc([C](=[Zr+2])c2ccc(C(C)(C)C)cc2)cc1.Cc1cc(C(C)(C)C)c[cH-]1.[Cl-].[Cl-]. The van der Waals surface area contributed by atoms with Gasteiger partial charge in [-0.1, -0.05) is 126 Å². The molecular formula is C62H78Cl2Zr-2. The zero-order valence-corrected chi connectivity index (χ0v) is 47.7. The van der Waals surface area contributed by atoms with Crippen molar-refractivity contribution in [2.45, 2.75) is 172 Å². The first-order valence-corrected chi connectivity index (χ1v) is 24.7. The number of benzene rings is 4. The van der Waals surface area contributed by atoms with Crippen molar-refractivity contribution in [2.24, 2.45) is 10.8 Å². The van der Waals surface area contributed by atoms with Crippen molar-refractivity contribution in [3.05, 3.63) is 170 Å². The van der Waals surface area contributed by atoms with Crippen LogP contribution in [0.5, 0.6) is 0 Å². The maximum atomic E-state index is 3.85. The molecule has 0 spiro atoms. The van der Waals surface area contributed by atoms with Gasteiger partial charge in [0.1, 0.15) is 0 Å². The zero-order chi connectivity index (χ0) is 47.0. The summed E-state index contributed by atoms with van der Waals surface area (Å²) >= 11 is 1.46. The van der Waals surface area contributed by atoms with Crippen LogP contribution in [0, 0.1) is 23.8 Å². The number of hydrogen-bond acceptors (Lipinski definition) is 0. The van der Waals surface area contributed by atoms with Gasteiger partial charge < -0.3 is 24.8 Å². The molecule has 0 bridgehead atoms. The molecule has 0 saturated heterocycles. The van der Waals surface area contributed by atoms with Gasteiger partial charge in [0.2, 0.25) is 0 Å². The molecule has 0 radical (unpaired) electrons. The van der Waals surface area contributed by atoms with Gasteiger partial charge in [0.05, 0.1) is 0 Å². The van der Waals surface area contributed by atoms with Crippen LogP contribution in [-0.2, 0) is 57.7 Å². The van der Waals surface area contributed by atoms with Gasteiger partial charge in [0, 0.05) is 5.41 Å². The fourth-order valence-corrected chi connectivity index (χ4v) is 10.2. The molecule has 0 saturated carbocycles. The van der Waals surface area contributed by atoms with Crippen molar-refractivity contribution in [1.82, 2.24) is 0 Å². The van der Waals surface area contributed by atoms with Crippen LogP contribution in [0.3, 0.4) is 0 Å². The van der Waals surface area contributed by atoms with E-state index in [0.29, 0.717) is 5.41 Å². The average molecular weight is 985 g/mol. The van der Waals surface area contributed by atoms with Crippen molar-refractivity contribution in [1.29, 1.82) is 0 Å². The molecule has 8 rings (SSSR count). The molecule has 0 nitrogen and oxygen atoms in total. The Morgan fingerprint density at radius 2 is 0.954 bits per heavy atom. The van der Waals surface area contributed by atoms with E-state index in [9.17, 15) is 0 Å². The summed E-state index contributed by atoms with van der Waals surface area (Å²) in [5.41, 5.74) is 23.9. The molecule has 346 valence electrons. The summed E-state index contributed by atoms with van der Waals surface area (Å²) in [4.78, 5) is 0. The Kier molecular flexibility index (Phi) is 15.8. The fourth-order valence-electron chi connectivity index (χ4n) is 9.41. The second-order valence-electron chi connectivity index (χ2n) is 25.1. The van der Waals surface area contributed by atoms with Crippen LogP contribution in [0.25, 0.3) is 22.3 Å². The molecule has 3 aliphatic carbocycles. The minimum absolute atomic E-state index is 0. The normalized spacial score (nSPS) is 15.6. The summed E-state index contributed by atoms with van der Waals surface area (Å²) < 4.78 is 1.42. The summed E-state index contributed by atoms with van der Waals surface area (Å²) in [5.74, 6) is 0. The van der Waals surface area contributed by atoms with E-state index in [1.54, 1.807) is 0 Å². The van der Waals surface area contributed by atoms with Crippen molar-refractivity contribution < 1.29 is 49.0 Å². The second kappa shape index (κ2) is 18.9. The van der Waals surface area contributed by atoms with E-state index in [2.05, 4.69) is 242 Å². The molecule has 0 aromatic heterocycles. The third-order valence-electron chi connectivity index (χ3n) is 13.4. The Morgan fingerprint density at radius 3 is 1.32 bits per heavy atom. The van der Waals surface area contributed by atoms with Gasteiger partial charge >= 0.3 is 151 Å². The Morgan fingerprint density at radius 1 is 0.523 bits per heavy atom. The molecule has 3 heteroatoms. The fraction of sp³-hybridized carbons (Fsp3) is 0.452. The van der Waals surface area contributed by atoms with Gasteiger partial charge in [-0.25, -0.2) is 11.6 Å². The first-order valence-electron chi connectivity index (χ1n) is 23.5. The molecule has 65 heavy (non-hydrogen) atoms. The summed E-state index contributed by atoms with van der Waals surface area (Å²) in [5, 5.41) is 0. The quantitative estimate of drug-likeness (QED) is 0.152. The van der Waals surface area contributed by atoms with Crippen LogP contribution in [0.4, 0.5) is 0 Å². The van der Waals surface area contributed by atoms with Crippen LogP contribution in [0.2, 0.25) is 0 Å². The zero-order valence-electron chi connectivity index (χ0n) is 43.7. The van der Waals surface area contributed by atoms with Crippen molar-refractivity contribution in [3.8, 4) is 11.1 Å². The Hall–Kier alpha value is -2.96. The van der Waals surface area contributed by atoms with E-state index in [1.165, 1.54) is 116 Å². The summed E-state index contributed by atoms with van der Waals surface area (Å²) in [6, 6.07) is 34.8. The van der Waals surface area contributed by atoms with Crippen LogP contribution in [0.1, 0.15) is 198 Å². The summed E-state index contributed by atoms with van der Waals surface area (Å²) in [6.07, 6.45) is 7.41. The summed E-state index contributed by atoms with van der Waals surface area (Å²) in [6.45, 7) is 45.8. The average Bonchev–Trinajstić information content (AvgIpc) is 3.90. The van der Waals surface area contributed by atoms with Crippen molar-refractivity contribution >= 4 is 14.4 Å². The van der Waals surface area contributed by atoms with Crippen LogP contribution >= 0.6 is 0 Å². The standard InChI is InChI=1S/C31H37.C21H26.C10H15.2ClH.Zr/c1-28(2,3)26-16-30(7,8)24-12-18-11-19-13-25-23(15-21(19)20(18)14-22(24)26)27(29(4,5)6)17-31(25,9)10;1-20(2,3)18-11-7-16(8-12-18)15-17-9-13-19(14-10-17)21(4,5)6;1-8-5-6-9(7-8)10(2,3)4;;;/h12-16H,11H2,1-10H3;7-14H,1-6H3;5-7H,1-4H3;2*1H;/q-1;;-1;;;+2/p-2. The van der Waals surface area contributed by atoms with Crippen LogP contribution in [-0.4, -0.2) is 3.21 Å². The van der Waals surface area contributed by atoms with Gasteiger partial charge in [-0.2, -0.15) is 28.8 Å². The summed E-state index contributed by atoms with van der Waals surface area (Å²) in [7, 11) is 0. The predicted molar refractivity (Wildman–Crippen MR) is 273 cm³/mol. The van der Waals surface area contributed by atoms with Gasteiger partial charge in [-0.15, -0.1) is 11.6 Å². The van der Waals surface area contributed by atoms with E-state index < -0.39 is 0 Å². The largest absolute Gasteiger partial charge is 1.00 e. The van der Waals surface area contributed by atoms with Gasteiger partial charge in [-0.3, -0.25) is 6.08 Å². The minimum Gasteiger partial charge on any atom is -1.00 e. The number of halogens is 2. The molecule has 5 aromatic rings. The molecule has 0 heterocycles. The Labute approximate surface area is 424 Å². The molecule has 0 unspecified atom stereocenters. The van der Waals surface area contributed by atoms with E-state index in [4.69, 9.17) is 0 Å². The maximum Gasteiger partial charge on any atom is -0.0635 e. The van der Waals surface area contributed by atoms with Gasteiger partial charge in [0.15, 0.2) is 0 Å². The number of rotatable bonds is 2. The molecule has 5 aromatic carbocycles. The predicted octanol–water partition coefficient (Wildman–Crippen LogP) is 10.9. The monoisotopic (exact) mass is 982 g/mol. The van der Waals surface area contributed by atoms with Gasteiger partial charge in [0.25, 0.3) is 0 Å². The Bertz CT molecular complexity index is 2430. The number of allylic oxidation sites excluding steroid dienone is 4. The molecule has 0 N–H and O–H groups in total. The molecular weight excluding hydrogens is 907 g/mol. The molecule has 0 aliphatic heterocycles. The van der Waals surface area contributed by atoms with Crippen molar-refractivity contribution in [2.75, 3.05) is 0 Å².